The lowest BCUT2D eigenvalue weighted by Gasteiger charge is -2.28. The summed E-state index contributed by atoms with van der Waals surface area (Å²) in [5.41, 5.74) is 1.71. The third-order valence-electron chi connectivity index (χ3n) is 4.53. The molecule has 29 heavy (non-hydrogen) atoms. The van der Waals surface area contributed by atoms with Gasteiger partial charge in [0.25, 0.3) is 0 Å². The maximum absolute atomic E-state index is 13.2. The van der Waals surface area contributed by atoms with Gasteiger partial charge in [0.1, 0.15) is 11.6 Å². The van der Waals surface area contributed by atoms with Crippen LogP contribution in [-0.2, 0) is 16.0 Å². The van der Waals surface area contributed by atoms with Crippen molar-refractivity contribution in [3.05, 3.63) is 46.4 Å². The molecule has 3 rings (SSSR count). The van der Waals surface area contributed by atoms with Gasteiger partial charge in [0.2, 0.25) is 11.9 Å². The van der Waals surface area contributed by atoms with Crippen molar-refractivity contribution in [1.82, 2.24) is 15.3 Å². The number of morpholine rings is 1. The molecule has 1 amide bonds. The minimum absolute atomic E-state index is 0.0710. The van der Waals surface area contributed by atoms with E-state index in [0.29, 0.717) is 45.1 Å². The zero-order valence-electron chi connectivity index (χ0n) is 16.4. The molecule has 0 unspecified atom stereocenters. The number of nitrogens with zero attached hydrogens (tertiary/aromatic N) is 3. The molecule has 9 heteroatoms. The first-order valence-corrected chi connectivity index (χ1v) is 10.0. The number of hydrogen-bond acceptors (Lipinski definition) is 6. The number of carbonyl (C=O) groups excluding carboxylic acids is 1. The molecule has 1 aliphatic rings. The highest BCUT2D eigenvalue weighted by molar-refractivity contribution is 6.30. The fraction of sp³-hybridized carbons (Fsp3) is 0.450. The summed E-state index contributed by atoms with van der Waals surface area (Å²) in [6, 6.07) is 6.45. The first-order valence-electron chi connectivity index (χ1n) is 9.64. The Morgan fingerprint density at radius 1 is 1.24 bits per heavy atom. The van der Waals surface area contributed by atoms with E-state index >= 15 is 0 Å². The number of aromatic nitrogens is 2. The summed E-state index contributed by atoms with van der Waals surface area (Å²) in [7, 11) is 0. The second kappa shape index (κ2) is 10.4. The Balaban J connectivity index is 1.41. The number of carbonyl (C=O) groups is 1. The number of rotatable bonds is 8. The van der Waals surface area contributed by atoms with Gasteiger partial charge in [-0.15, -0.1) is 0 Å². The van der Waals surface area contributed by atoms with Crippen LogP contribution >= 0.6 is 11.6 Å². The lowest BCUT2D eigenvalue weighted by Crippen LogP contribution is -2.37. The topological polar surface area (TPSA) is 79.4 Å². The van der Waals surface area contributed by atoms with Crippen LogP contribution < -0.4 is 15.5 Å². The van der Waals surface area contributed by atoms with Crippen molar-refractivity contribution >= 4 is 29.3 Å². The highest BCUT2D eigenvalue weighted by Crippen LogP contribution is 2.17. The number of benzene rings is 1. The Bertz CT molecular complexity index is 846. The van der Waals surface area contributed by atoms with E-state index in [-0.39, 0.29) is 10.9 Å². The number of hydrogen-bond donors (Lipinski definition) is 2. The van der Waals surface area contributed by atoms with Crippen LogP contribution in [0.15, 0.2) is 24.3 Å². The molecular weight excluding hydrogens is 397 g/mol. The molecule has 0 saturated carbocycles. The second-order valence-electron chi connectivity index (χ2n) is 6.82. The van der Waals surface area contributed by atoms with Gasteiger partial charge >= 0.3 is 0 Å². The van der Waals surface area contributed by atoms with Crippen LogP contribution in [0.4, 0.5) is 16.2 Å². The fourth-order valence-electron chi connectivity index (χ4n) is 3.00. The Labute approximate surface area is 174 Å². The summed E-state index contributed by atoms with van der Waals surface area (Å²) < 4.78 is 18.5. The van der Waals surface area contributed by atoms with E-state index in [1.807, 2.05) is 13.0 Å². The molecule has 156 valence electrons. The quantitative estimate of drug-likeness (QED) is 0.638. The van der Waals surface area contributed by atoms with E-state index in [4.69, 9.17) is 16.3 Å². The van der Waals surface area contributed by atoms with E-state index in [9.17, 15) is 9.18 Å². The van der Waals surface area contributed by atoms with Gasteiger partial charge in [-0.05, 0) is 31.0 Å². The molecule has 0 bridgehead atoms. The normalized spacial score (nSPS) is 14.0. The zero-order valence-corrected chi connectivity index (χ0v) is 17.1. The first-order chi connectivity index (χ1) is 14.0. The molecule has 1 aromatic heterocycles. The largest absolute Gasteiger partial charge is 0.378 e. The maximum Gasteiger partial charge on any atom is 0.224 e. The van der Waals surface area contributed by atoms with Crippen LogP contribution in [0.3, 0.4) is 0 Å². The number of halogens is 2. The highest BCUT2D eigenvalue weighted by Gasteiger charge is 2.14. The van der Waals surface area contributed by atoms with Crippen LogP contribution in [0.2, 0.25) is 5.02 Å². The molecular formula is C20H25ClFN5O2. The van der Waals surface area contributed by atoms with E-state index < -0.39 is 5.82 Å². The van der Waals surface area contributed by atoms with Crippen LogP contribution in [0.1, 0.15) is 17.7 Å². The molecule has 0 spiro atoms. The third kappa shape index (κ3) is 6.54. The van der Waals surface area contributed by atoms with Crippen LogP contribution in [0.25, 0.3) is 0 Å². The lowest BCUT2D eigenvalue weighted by molar-refractivity contribution is -0.120. The summed E-state index contributed by atoms with van der Waals surface area (Å²) >= 11 is 5.76. The SMILES string of the molecule is Cc1cc(N2CCOCC2)nc(NCCNC(=O)CCc2ccc(F)c(Cl)c2)n1. The van der Waals surface area contributed by atoms with Gasteiger partial charge in [0.05, 0.1) is 18.2 Å². The average Bonchev–Trinajstić information content (AvgIpc) is 2.72. The predicted molar refractivity (Wildman–Crippen MR) is 111 cm³/mol. The zero-order chi connectivity index (χ0) is 20.6. The molecule has 2 aromatic rings. The van der Waals surface area contributed by atoms with E-state index in [1.54, 1.807) is 12.1 Å². The summed E-state index contributed by atoms with van der Waals surface area (Å²) in [6.07, 6.45) is 0.813. The van der Waals surface area contributed by atoms with Crippen LogP contribution in [0.5, 0.6) is 0 Å². The van der Waals surface area contributed by atoms with Crippen molar-refractivity contribution in [2.45, 2.75) is 19.8 Å². The molecule has 1 fully saturated rings. The van der Waals surface area contributed by atoms with Crippen molar-refractivity contribution in [1.29, 1.82) is 0 Å². The van der Waals surface area contributed by atoms with Gasteiger partial charge in [-0.2, -0.15) is 4.98 Å². The number of anilines is 2. The predicted octanol–water partition coefficient (Wildman–Crippen LogP) is 2.58. The first kappa shape index (κ1) is 21.3. The second-order valence-corrected chi connectivity index (χ2v) is 7.22. The van der Waals surface area contributed by atoms with Gasteiger partial charge in [-0.3, -0.25) is 4.79 Å². The van der Waals surface area contributed by atoms with Crippen molar-refractivity contribution in [3.8, 4) is 0 Å². The average molecular weight is 422 g/mol. The highest BCUT2D eigenvalue weighted by atomic mass is 35.5. The Morgan fingerprint density at radius 3 is 2.79 bits per heavy atom. The van der Waals surface area contributed by atoms with Crippen molar-refractivity contribution < 1.29 is 13.9 Å². The van der Waals surface area contributed by atoms with Gasteiger partial charge in [0.15, 0.2) is 0 Å². The van der Waals surface area contributed by atoms with Crippen molar-refractivity contribution in [2.75, 3.05) is 49.6 Å². The monoisotopic (exact) mass is 421 g/mol. The van der Waals surface area contributed by atoms with Crippen molar-refractivity contribution in [3.63, 3.8) is 0 Å². The molecule has 2 N–H and O–H groups in total. The summed E-state index contributed by atoms with van der Waals surface area (Å²) in [5.74, 6) is 0.888. The van der Waals surface area contributed by atoms with Gasteiger partial charge in [-0.25, -0.2) is 9.37 Å². The molecule has 0 atom stereocenters. The summed E-state index contributed by atoms with van der Waals surface area (Å²) in [5, 5.41) is 6.08. The van der Waals surface area contributed by atoms with E-state index in [0.717, 1.165) is 30.2 Å². The Kier molecular flexibility index (Phi) is 7.60. The van der Waals surface area contributed by atoms with E-state index in [2.05, 4.69) is 25.5 Å². The maximum atomic E-state index is 13.2. The Morgan fingerprint density at radius 2 is 2.03 bits per heavy atom. The molecule has 0 radical (unpaired) electrons. The van der Waals surface area contributed by atoms with Gasteiger partial charge in [-0.1, -0.05) is 17.7 Å². The molecule has 7 nitrogen and oxygen atoms in total. The van der Waals surface area contributed by atoms with E-state index in [1.165, 1.54) is 6.07 Å². The standard InChI is InChI=1S/C20H25ClFN5O2/c1-14-12-18(27-8-10-29-11-9-27)26-20(25-14)24-7-6-23-19(28)5-3-15-2-4-17(22)16(21)13-15/h2,4,12-13H,3,5-11H2,1H3,(H,23,28)(H,24,25,26). The molecule has 1 aromatic carbocycles. The van der Waals surface area contributed by atoms with Crippen molar-refractivity contribution in [2.24, 2.45) is 0 Å². The van der Waals surface area contributed by atoms with Gasteiger partial charge in [0, 0.05) is 44.4 Å². The molecule has 1 aliphatic heterocycles. The van der Waals surface area contributed by atoms with Gasteiger partial charge < -0.3 is 20.3 Å². The minimum atomic E-state index is -0.457. The third-order valence-corrected chi connectivity index (χ3v) is 4.82. The number of aryl methyl sites for hydroxylation is 2. The fourth-order valence-corrected chi connectivity index (χ4v) is 3.21. The number of nitrogens with one attached hydrogen (secondary N) is 2. The summed E-state index contributed by atoms with van der Waals surface area (Å²) in [4.78, 5) is 23.1. The molecule has 2 heterocycles. The molecule has 0 aliphatic carbocycles. The summed E-state index contributed by atoms with van der Waals surface area (Å²) in [6.45, 7) is 5.91. The van der Waals surface area contributed by atoms with Crippen LogP contribution in [-0.4, -0.2) is 55.3 Å². The van der Waals surface area contributed by atoms with Crippen LogP contribution in [0, 0.1) is 12.7 Å². The number of ether oxygens (including phenoxy) is 1. The molecule has 1 saturated heterocycles. The number of amides is 1. The smallest absolute Gasteiger partial charge is 0.224 e. The Hall–Kier alpha value is -2.45. The lowest BCUT2D eigenvalue weighted by atomic mass is 10.1. The minimum Gasteiger partial charge on any atom is -0.378 e.